The number of aromatic nitrogens is 10. The molecule has 6 aromatic heterocycles. The van der Waals surface area contributed by atoms with Gasteiger partial charge in [0.05, 0.1) is 45.8 Å². The van der Waals surface area contributed by atoms with Crippen molar-refractivity contribution in [2.75, 3.05) is 0 Å². The van der Waals surface area contributed by atoms with Gasteiger partial charge in [-0.1, -0.05) is 77.2 Å². The number of benzene rings is 4. The molecule has 0 bridgehead atoms. The van der Waals surface area contributed by atoms with Crippen LogP contribution in [0.1, 0.15) is 52.9 Å². The summed E-state index contributed by atoms with van der Waals surface area (Å²) in [6.45, 7) is 12.8. The molecule has 0 saturated carbocycles. The standard InChI is InChI=1S/C42H34N10O.Pt/c1-41(2,3)33-23-43-35-37(47-33)49(39-45-29-17-7-9-19-31(29)51(35)39)25-13-11-15-27(21-25)53-28-16-12-14-26(22-28)50-38-36(44-24-34(48-38)42(4,5)6)52-32-20-10-8-18-30(32)46-40(50)52;/h7-20,23-24H,1-6H3;/q-2;+2. The summed E-state index contributed by atoms with van der Waals surface area (Å²) in [4.78, 5) is 30.1. The van der Waals surface area contributed by atoms with Gasteiger partial charge in [0.15, 0.2) is 22.6 Å². The average molecular weight is 890 g/mol. The Balaban J connectivity index is 0.00000384. The molecular formula is C42H34N10OPt. The number of fused-ring (bicyclic) bond motifs is 10. The Bertz CT molecular complexity index is 2870. The van der Waals surface area contributed by atoms with Crippen LogP contribution in [0.25, 0.3) is 67.6 Å². The molecule has 0 N–H and O–H groups in total. The second kappa shape index (κ2) is 12.0. The van der Waals surface area contributed by atoms with Crippen molar-refractivity contribution < 1.29 is 25.8 Å². The molecule has 0 aliphatic heterocycles. The first kappa shape index (κ1) is 33.9. The number of imidazole rings is 4. The fraction of sp³-hybridized carbons (Fsp3) is 0.190. The van der Waals surface area contributed by atoms with Gasteiger partial charge in [-0.3, -0.25) is 17.9 Å². The van der Waals surface area contributed by atoms with E-state index in [-0.39, 0.29) is 31.9 Å². The summed E-state index contributed by atoms with van der Waals surface area (Å²) >= 11 is 0. The Morgan fingerprint density at radius 2 is 0.926 bits per heavy atom. The second-order valence-electron chi connectivity index (χ2n) is 15.4. The third-order valence-electron chi connectivity index (χ3n) is 9.55. The van der Waals surface area contributed by atoms with E-state index in [0.717, 1.165) is 56.1 Å². The first-order valence-electron chi connectivity index (χ1n) is 17.6. The van der Waals surface area contributed by atoms with Crippen LogP contribution in [0.5, 0.6) is 11.5 Å². The molecule has 0 unspecified atom stereocenters. The Labute approximate surface area is 324 Å². The quantitative estimate of drug-likeness (QED) is 0.163. The zero-order chi connectivity index (χ0) is 36.2. The number of hydrogen-bond donors (Lipinski definition) is 0. The Morgan fingerprint density at radius 3 is 1.35 bits per heavy atom. The Hall–Kier alpha value is -5.93. The van der Waals surface area contributed by atoms with Gasteiger partial charge in [0.25, 0.3) is 0 Å². The largest absolute Gasteiger partial charge is 2.00 e. The van der Waals surface area contributed by atoms with E-state index in [2.05, 4.69) is 62.5 Å². The van der Waals surface area contributed by atoms with Gasteiger partial charge in [0.1, 0.15) is 0 Å². The molecule has 0 aliphatic carbocycles. The van der Waals surface area contributed by atoms with Crippen molar-refractivity contribution in [1.82, 2.24) is 47.8 Å². The maximum atomic E-state index is 6.51. The minimum Gasteiger partial charge on any atom is -0.509 e. The van der Waals surface area contributed by atoms with E-state index in [1.807, 2.05) is 106 Å². The summed E-state index contributed by atoms with van der Waals surface area (Å²) in [5.74, 6) is 2.41. The number of ether oxygens (including phenoxy) is 1. The van der Waals surface area contributed by atoms with Crippen LogP contribution in [-0.2, 0) is 31.9 Å². The monoisotopic (exact) mass is 889 g/mol. The van der Waals surface area contributed by atoms with E-state index >= 15 is 0 Å². The smallest absolute Gasteiger partial charge is 0.509 e. The molecule has 0 aliphatic rings. The van der Waals surface area contributed by atoms with Crippen molar-refractivity contribution in [3.8, 4) is 22.9 Å². The van der Waals surface area contributed by atoms with Crippen molar-refractivity contribution in [1.29, 1.82) is 0 Å². The van der Waals surface area contributed by atoms with Crippen molar-refractivity contribution in [3.63, 3.8) is 0 Å². The predicted molar refractivity (Wildman–Crippen MR) is 205 cm³/mol. The van der Waals surface area contributed by atoms with Crippen molar-refractivity contribution >= 4 is 56.2 Å². The zero-order valence-electron chi connectivity index (χ0n) is 30.4. The van der Waals surface area contributed by atoms with Crippen LogP contribution < -0.4 is 4.74 Å². The predicted octanol–water partition coefficient (Wildman–Crippen LogP) is 8.74. The van der Waals surface area contributed by atoms with Crippen molar-refractivity contribution in [2.45, 2.75) is 52.4 Å². The fourth-order valence-electron chi connectivity index (χ4n) is 6.83. The van der Waals surface area contributed by atoms with E-state index in [1.54, 1.807) is 0 Å². The van der Waals surface area contributed by atoms with Crippen LogP contribution in [-0.4, -0.2) is 47.8 Å². The Kier molecular flexibility index (Phi) is 7.56. The molecule has 54 heavy (non-hydrogen) atoms. The van der Waals surface area contributed by atoms with Crippen LogP contribution >= 0.6 is 0 Å². The molecule has 0 spiro atoms. The maximum absolute atomic E-state index is 6.51. The summed E-state index contributed by atoms with van der Waals surface area (Å²) in [5, 5.41) is 0. The average Bonchev–Trinajstić information content (AvgIpc) is 3.86. The van der Waals surface area contributed by atoms with Gasteiger partial charge in [0.2, 0.25) is 11.6 Å². The van der Waals surface area contributed by atoms with Crippen molar-refractivity contribution in [2.24, 2.45) is 0 Å². The minimum atomic E-state index is -0.199. The van der Waals surface area contributed by atoms with E-state index in [9.17, 15) is 0 Å². The van der Waals surface area contributed by atoms with E-state index in [0.29, 0.717) is 34.3 Å². The number of para-hydroxylation sites is 4. The van der Waals surface area contributed by atoms with E-state index < -0.39 is 0 Å². The molecule has 0 atom stereocenters. The van der Waals surface area contributed by atoms with Gasteiger partial charge in [-0.25, -0.2) is 29.9 Å². The summed E-state index contributed by atoms with van der Waals surface area (Å²) in [6.07, 6.45) is 3.71. The third kappa shape index (κ3) is 5.21. The molecule has 0 amide bonds. The van der Waals surface area contributed by atoms with Crippen LogP contribution in [0.15, 0.2) is 97.3 Å². The first-order valence-corrected chi connectivity index (χ1v) is 17.6. The number of hydrogen-bond acceptors (Lipinski definition) is 7. The normalized spacial score (nSPS) is 12.5. The molecule has 12 heteroatoms. The number of rotatable bonds is 4. The SMILES string of the molecule is CC(C)(C)c1cnc2c(n1)n(-c1[c-]c(Oc3[c-]c(-n4c5nc(C(C)(C)C)cnc5n5c6ccccc6nc45)ccc3)ccc1)c1nc3ccccc3n21.[Pt+2]. The third-order valence-corrected chi connectivity index (χ3v) is 9.55. The summed E-state index contributed by atoms with van der Waals surface area (Å²) in [5.41, 5.74) is 9.29. The molecule has 11 nitrogen and oxygen atoms in total. The number of nitrogens with zero attached hydrogens (tertiary/aromatic N) is 10. The van der Waals surface area contributed by atoms with Gasteiger partial charge in [-0.15, -0.1) is 36.4 Å². The van der Waals surface area contributed by atoms with Gasteiger partial charge < -0.3 is 4.74 Å². The summed E-state index contributed by atoms with van der Waals surface area (Å²) < 4.78 is 14.6. The molecule has 10 aromatic rings. The van der Waals surface area contributed by atoms with Gasteiger partial charge >= 0.3 is 21.1 Å². The fourth-order valence-corrected chi connectivity index (χ4v) is 6.83. The maximum Gasteiger partial charge on any atom is 2.00 e. The van der Waals surface area contributed by atoms with Crippen molar-refractivity contribution in [3.05, 3.63) is 121 Å². The summed E-state index contributed by atoms with van der Waals surface area (Å²) in [7, 11) is 0. The molecular weight excluding hydrogens is 856 g/mol. The molecule has 268 valence electrons. The second-order valence-corrected chi connectivity index (χ2v) is 15.4. The van der Waals surface area contributed by atoms with Gasteiger partial charge in [-0.2, -0.15) is 12.1 Å². The van der Waals surface area contributed by atoms with Crippen LogP contribution in [0.2, 0.25) is 0 Å². The van der Waals surface area contributed by atoms with Gasteiger partial charge in [0, 0.05) is 22.3 Å². The van der Waals surface area contributed by atoms with Crippen LogP contribution in [0.3, 0.4) is 0 Å². The molecule has 6 heterocycles. The van der Waals surface area contributed by atoms with E-state index in [4.69, 9.17) is 34.6 Å². The molecule has 0 saturated heterocycles. The Morgan fingerprint density at radius 1 is 0.500 bits per heavy atom. The van der Waals surface area contributed by atoms with E-state index in [1.165, 1.54) is 0 Å². The molecule has 4 aromatic carbocycles. The topological polar surface area (TPSA) is 105 Å². The van der Waals surface area contributed by atoms with Gasteiger partial charge in [-0.05, 0) is 24.3 Å². The molecule has 0 fully saturated rings. The first-order chi connectivity index (χ1) is 25.5. The minimum absolute atomic E-state index is 0. The zero-order valence-corrected chi connectivity index (χ0v) is 32.7. The molecule has 10 rings (SSSR count). The van der Waals surface area contributed by atoms with Crippen LogP contribution in [0.4, 0.5) is 0 Å². The van der Waals surface area contributed by atoms with Crippen LogP contribution in [0, 0.1) is 12.1 Å². The summed E-state index contributed by atoms with van der Waals surface area (Å²) in [6, 6.07) is 34.7. The molecule has 0 radical (unpaired) electrons.